The zero-order valence-electron chi connectivity index (χ0n) is 21.1. The second-order valence-electron chi connectivity index (χ2n) is 8.95. The first-order valence-corrected chi connectivity index (χ1v) is 12.6. The van der Waals surface area contributed by atoms with Gasteiger partial charge < -0.3 is 24.8 Å². The molecular weight excluding hydrogens is 506 g/mol. The predicted molar refractivity (Wildman–Crippen MR) is 146 cm³/mol. The van der Waals surface area contributed by atoms with Crippen LogP contribution in [0.2, 0.25) is 5.02 Å². The van der Waals surface area contributed by atoms with Crippen LogP contribution in [-0.4, -0.2) is 54.2 Å². The Hall–Kier alpha value is -4.08. The van der Waals surface area contributed by atoms with Crippen molar-refractivity contribution in [3.05, 3.63) is 77.6 Å². The Kier molecular flexibility index (Phi) is 7.76. The Morgan fingerprint density at radius 3 is 2.61 bits per heavy atom. The summed E-state index contributed by atoms with van der Waals surface area (Å²) >= 11 is 6.48. The van der Waals surface area contributed by atoms with Gasteiger partial charge in [-0.2, -0.15) is 0 Å². The van der Waals surface area contributed by atoms with E-state index in [1.807, 2.05) is 18.2 Å². The Morgan fingerprint density at radius 1 is 1.05 bits per heavy atom. The summed E-state index contributed by atoms with van der Waals surface area (Å²) in [6.45, 7) is 2.60. The molecule has 0 spiro atoms. The number of rotatable bonds is 8. The second kappa shape index (κ2) is 11.5. The number of urea groups is 1. The highest BCUT2D eigenvalue weighted by atomic mass is 35.5. The number of methoxy groups -OCH3 is 2. The summed E-state index contributed by atoms with van der Waals surface area (Å²) in [5.74, 6) is 1.89. The van der Waals surface area contributed by atoms with Crippen LogP contribution in [0.25, 0.3) is 10.9 Å². The van der Waals surface area contributed by atoms with Gasteiger partial charge in [-0.15, -0.1) is 0 Å². The average molecular weight is 534 g/mol. The molecule has 10 heteroatoms. The first kappa shape index (κ1) is 25.6. The maximum Gasteiger partial charge on any atom is 0.319 e. The van der Waals surface area contributed by atoms with Crippen molar-refractivity contribution in [3.63, 3.8) is 0 Å². The van der Waals surface area contributed by atoms with Gasteiger partial charge in [0.15, 0.2) is 11.5 Å². The topological polar surface area (TPSA) is 97.8 Å². The van der Waals surface area contributed by atoms with Gasteiger partial charge in [-0.05, 0) is 30.2 Å². The monoisotopic (exact) mass is 533 g/mol. The highest BCUT2D eigenvalue weighted by molar-refractivity contribution is 6.33. The Balaban J connectivity index is 1.21. The molecule has 0 aliphatic carbocycles. The molecule has 9 nitrogen and oxygen atoms in total. The van der Waals surface area contributed by atoms with Gasteiger partial charge in [0.05, 0.1) is 35.8 Å². The zero-order valence-corrected chi connectivity index (χ0v) is 21.9. The van der Waals surface area contributed by atoms with Crippen molar-refractivity contribution in [1.29, 1.82) is 0 Å². The van der Waals surface area contributed by atoms with Crippen LogP contribution < -0.4 is 24.8 Å². The molecule has 2 amide bonds. The fourth-order valence-electron chi connectivity index (χ4n) is 4.49. The van der Waals surface area contributed by atoms with E-state index in [0.717, 1.165) is 26.1 Å². The van der Waals surface area contributed by atoms with Crippen LogP contribution >= 0.6 is 11.6 Å². The van der Waals surface area contributed by atoms with Gasteiger partial charge in [-0.25, -0.2) is 14.8 Å². The lowest BCUT2D eigenvalue weighted by Gasteiger charge is -2.17. The molecule has 1 aliphatic rings. The molecule has 1 fully saturated rings. The van der Waals surface area contributed by atoms with Crippen LogP contribution in [0.15, 0.2) is 67.0 Å². The van der Waals surface area contributed by atoms with Crippen molar-refractivity contribution in [2.24, 2.45) is 0 Å². The van der Waals surface area contributed by atoms with Gasteiger partial charge in [0, 0.05) is 37.8 Å². The summed E-state index contributed by atoms with van der Waals surface area (Å²) < 4.78 is 16.8. The van der Waals surface area contributed by atoms with Gasteiger partial charge >= 0.3 is 6.03 Å². The second-order valence-corrected chi connectivity index (χ2v) is 9.36. The van der Waals surface area contributed by atoms with E-state index in [2.05, 4.69) is 37.6 Å². The number of hydrogen-bond acceptors (Lipinski definition) is 7. The van der Waals surface area contributed by atoms with E-state index in [0.29, 0.717) is 44.7 Å². The molecule has 1 saturated heterocycles. The number of ether oxygens (including phenoxy) is 3. The molecule has 2 N–H and O–H groups in total. The van der Waals surface area contributed by atoms with Crippen molar-refractivity contribution < 1.29 is 19.0 Å². The Morgan fingerprint density at radius 2 is 1.84 bits per heavy atom. The summed E-state index contributed by atoms with van der Waals surface area (Å²) in [4.78, 5) is 23.5. The molecule has 38 heavy (non-hydrogen) atoms. The third kappa shape index (κ3) is 5.90. The number of halogens is 1. The van der Waals surface area contributed by atoms with Crippen molar-refractivity contribution in [3.8, 4) is 23.1 Å². The van der Waals surface area contributed by atoms with E-state index in [4.69, 9.17) is 25.8 Å². The molecule has 0 bridgehead atoms. The molecule has 0 saturated carbocycles. The quantitative estimate of drug-likeness (QED) is 0.309. The minimum atomic E-state index is -0.296. The third-order valence-electron chi connectivity index (χ3n) is 6.36. The van der Waals surface area contributed by atoms with E-state index in [1.165, 1.54) is 11.9 Å². The first-order chi connectivity index (χ1) is 18.5. The lowest BCUT2D eigenvalue weighted by molar-refractivity contribution is 0.247. The molecular formula is C28H28ClN5O4. The van der Waals surface area contributed by atoms with E-state index in [-0.39, 0.29) is 12.1 Å². The van der Waals surface area contributed by atoms with Crippen molar-refractivity contribution >= 4 is 34.2 Å². The Labute approximate surface area is 225 Å². The molecule has 1 aliphatic heterocycles. The van der Waals surface area contributed by atoms with Gasteiger partial charge in [0.1, 0.15) is 12.1 Å². The highest BCUT2D eigenvalue weighted by Crippen LogP contribution is 2.36. The van der Waals surface area contributed by atoms with Crippen LogP contribution in [0.3, 0.4) is 0 Å². The number of hydrogen-bond donors (Lipinski definition) is 2. The third-order valence-corrected chi connectivity index (χ3v) is 6.68. The van der Waals surface area contributed by atoms with Crippen molar-refractivity contribution in [2.45, 2.75) is 19.0 Å². The van der Waals surface area contributed by atoms with Crippen LogP contribution in [0.1, 0.15) is 12.0 Å². The number of fused-ring (bicyclic) bond motifs is 1. The normalized spacial score (nSPS) is 15.3. The van der Waals surface area contributed by atoms with Gasteiger partial charge in [-0.1, -0.05) is 41.9 Å². The van der Waals surface area contributed by atoms with E-state index >= 15 is 0 Å². The fourth-order valence-corrected chi connectivity index (χ4v) is 4.71. The standard InChI is InChI=1S/C28H28ClN5O4/c1-36-25-13-21-24(14-26(25)37-2)30-17-31-27(21)38-20-8-9-23(22(29)12-20)33-28(35)32-19-10-11-34(16-19)15-18-6-4-3-5-7-18/h3-9,12-14,17,19H,10-11,15-16H2,1-2H3,(H2,32,33,35)/t19-/m0/s1. The number of nitrogens with zero attached hydrogens (tertiary/aromatic N) is 3. The molecule has 3 aromatic carbocycles. The van der Waals surface area contributed by atoms with Crippen molar-refractivity contribution in [2.75, 3.05) is 32.6 Å². The Bertz CT molecular complexity index is 1440. The lowest BCUT2D eigenvalue weighted by atomic mass is 10.2. The smallest absolute Gasteiger partial charge is 0.319 e. The summed E-state index contributed by atoms with van der Waals surface area (Å²) in [6, 6.07) is 18.7. The summed E-state index contributed by atoms with van der Waals surface area (Å²) in [5.41, 5.74) is 2.39. The van der Waals surface area contributed by atoms with E-state index < -0.39 is 0 Å². The number of amides is 2. The van der Waals surface area contributed by atoms with Crippen molar-refractivity contribution in [1.82, 2.24) is 20.2 Å². The molecule has 0 radical (unpaired) electrons. The minimum absolute atomic E-state index is 0.0711. The van der Waals surface area contributed by atoms with Crippen LogP contribution in [0.4, 0.5) is 10.5 Å². The van der Waals surface area contributed by atoms with Gasteiger partial charge in [0.2, 0.25) is 5.88 Å². The van der Waals surface area contributed by atoms with Gasteiger partial charge in [0.25, 0.3) is 0 Å². The van der Waals surface area contributed by atoms with Crippen LogP contribution in [-0.2, 0) is 6.54 Å². The van der Waals surface area contributed by atoms with Gasteiger partial charge in [-0.3, -0.25) is 4.90 Å². The number of carbonyl (C=O) groups excluding carboxylic acids is 1. The highest BCUT2D eigenvalue weighted by Gasteiger charge is 2.24. The molecule has 4 aromatic rings. The lowest BCUT2D eigenvalue weighted by Crippen LogP contribution is -2.39. The maximum absolute atomic E-state index is 12.7. The summed E-state index contributed by atoms with van der Waals surface area (Å²) in [6.07, 6.45) is 2.31. The summed E-state index contributed by atoms with van der Waals surface area (Å²) in [7, 11) is 3.12. The van der Waals surface area contributed by atoms with Crippen LogP contribution in [0, 0.1) is 0 Å². The van der Waals surface area contributed by atoms with E-state index in [9.17, 15) is 4.79 Å². The first-order valence-electron chi connectivity index (χ1n) is 12.2. The number of likely N-dealkylation sites (tertiary alicyclic amines) is 1. The number of carbonyl (C=O) groups is 1. The maximum atomic E-state index is 12.7. The minimum Gasteiger partial charge on any atom is -0.493 e. The molecule has 0 unspecified atom stereocenters. The number of aromatic nitrogens is 2. The molecule has 1 aromatic heterocycles. The molecule has 2 heterocycles. The SMILES string of the molecule is COc1cc2ncnc(Oc3ccc(NC(=O)N[C@H]4CCN(Cc5ccccc5)C4)c(Cl)c3)c2cc1OC. The number of benzene rings is 3. The molecule has 1 atom stereocenters. The van der Waals surface area contributed by atoms with E-state index in [1.54, 1.807) is 44.6 Å². The fraction of sp³-hybridized carbons (Fsp3) is 0.250. The molecule has 196 valence electrons. The largest absolute Gasteiger partial charge is 0.493 e. The zero-order chi connectivity index (χ0) is 26.5. The number of nitrogens with one attached hydrogen (secondary N) is 2. The number of anilines is 1. The van der Waals surface area contributed by atoms with Crippen LogP contribution in [0.5, 0.6) is 23.1 Å². The molecule has 5 rings (SSSR count). The average Bonchev–Trinajstić information content (AvgIpc) is 3.36. The predicted octanol–water partition coefficient (Wildman–Crippen LogP) is 5.49. The summed E-state index contributed by atoms with van der Waals surface area (Å²) in [5, 5.41) is 6.88.